The highest BCUT2D eigenvalue weighted by molar-refractivity contribution is 7.99. The predicted octanol–water partition coefficient (Wildman–Crippen LogP) is 11.9. The molecule has 1 aromatic heterocycles. The molecule has 196 valence electrons. The van der Waals surface area contributed by atoms with Crippen LogP contribution in [0.2, 0.25) is 0 Å². The number of rotatable bonds is 3. The first-order chi connectivity index (χ1) is 20.8. The maximum atomic E-state index is 6.45. The number of benzene rings is 7. The average Bonchev–Trinajstić information content (AvgIpc) is 3.55. The van der Waals surface area contributed by atoms with Crippen molar-refractivity contribution < 1.29 is 4.42 Å². The molecule has 0 N–H and O–H groups in total. The van der Waals surface area contributed by atoms with Gasteiger partial charge in [0.15, 0.2) is 0 Å². The number of hydrogen-bond acceptors (Lipinski definition) is 2. The van der Waals surface area contributed by atoms with Gasteiger partial charge in [-0.15, -0.1) is 0 Å². The van der Waals surface area contributed by atoms with E-state index in [2.05, 4.69) is 146 Å². The van der Waals surface area contributed by atoms with Crippen molar-refractivity contribution in [1.29, 1.82) is 0 Å². The number of fused-ring (bicyclic) bond motifs is 5. The molecule has 0 aliphatic carbocycles. The molecule has 42 heavy (non-hydrogen) atoms. The van der Waals surface area contributed by atoms with Gasteiger partial charge < -0.3 is 4.42 Å². The van der Waals surface area contributed by atoms with E-state index in [4.69, 9.17) is 4.42 Å². The van der Waals surface area contributed by atoms with Gasteiger partial charge in [0.25, 0.3) is 0 Å². The summed E-state index contributed by atoms with van der Waals surface area (Å²) in [6.45, 7) is 0. The van der Waals surface area contributed by atoms with Crippen molar-refractivity contribution in [3.05, 3.63) is 146 Å². The highest BCUT2D eigenvalue weighted by Crippen LogP contribution is 2.49. The summed E-state index contributed by atoms with van der Waals surface area (Å²) in [5.74, 6) is 1.76. The Morgan fingerprint density at radius 3 is 1.98 bits per heavy atom. The van der Waals surface area contributed by atoms with E-state index in [1.54, 1.807) is 0 Å². The van der Waals surface area contributed by atoms with Crippen LogP contribution in [0.1, 0.15) is 0 Å². The Kier molecular flexibility index (Phi) is 5.20. The zero-order valence-electron chi connectivity index (χ0n) is 22.7. The van der Waals surface area contributed by atoms with Gasteiger partial charge in [0.2, 0.25) is 0 Å². The van der Waals surface area contributed by atoms with Crippen molar-refractivity contribution in [1.82, 2.24) is 0 Å². The van der Waals surface area contributed by atoms with Crippen LogP contribution in [0, 0.1) is 0 Å². The molecule has 0 saturated carbocycles. The van der Waals surface area contributed by atoms with Crippen molar-refractivity contribution >= 4 is 44.1 Å². The molecule has 7 aromatic carbocycles. The SMILES string of the molecule is c1cc2c3c(cccc3c1)-c1cc(-c3ccc(-c4ccc(-c5cccc6c5ccc5ccccc56)cc4)o3)ccc1S2. The molecule has 1 aliphatic heterocycles. The third-order valence-corrected chi connectivity index (χ3v) is 9.65. The summed E-state index contributed by atoms with van der Waals surface area (Å²) in [7, 11) is 0. The highest BCUT2D eigenvalue weighted by Gasteiger charge is 2.20. The van der Waals surface area contributed by atoms with Crippen LogP contribution in [-0.2, 0) is 0 Å². The fourth-order valence-corrected chi connectivity index (χ4v) is 7.60. The molecule has 0 atom stereocenters. The van der Waals surface area contributed by atoms with E-state index in [0.717, 1.165) is 22.6 Å². The second-order valence-electron chi connectivity index (χ2n) is 10.9. The molecule has 0 fully saturated rings. The van der Waals surface area contributed by atoms with Crippen LogP contribution in [0.3, 0.4) is 0 Å². The van der Waals surface area contributed by atoms with Gasteiger partial charge in [0.05, 0.1) is 0 Å². The zero-order chi connectivity index (χ0) is 27.6. The molecule has 0 spiro atoms. The summed E-state index contributed by atoms with van der Waals surface area (Å²) < 4.78 is 6.45. The second kappa shape index (κ2) is 9.24. The van der Waals surface area contributed by atoms with Crippen LogP contribution in [0.15, 0.2) is 160 Å². The maximum Gasteiger partial charge on any atom is 0.134 e. The minimum Gasteiger partial charge on any atom is -0.456 e. The third-order valence-electron chi connectivity index (χ3n) is 8.51. The van der Waals surface area contributed by atoms with Crippen LogP contribution in [0.25, 0.3) is 77.2 Å². The molecule has 2 heterocycles. The van der Waals surface area contributed by atoms with E-state index in [9.17, 15) is 0 Å². The lowest BCUT2D eigenvalue weighted by atomic mass is 9.94. The van der Waals surface area contributed by atoms with Gasteiger partial charge in [0, 0.05) is 26.3 Å². The lowest BCUT2D eigenvalue weighted by molar-refractivity contribution is 0.597. The van der Waals surface area contributed by atoms with Crippen LogP contribution in [-0.4, -0.2) is 0 Å². The Hall–Kier alpha value is -5.05. The molecule has 1 nitrogen and oxygen atoms in total. The van der Waals surface area contributed by atoms with Gasteiger partial charge in [-0.3, -0.25) is 0 Å². The smallest absolute Gasteiger partial charge is 0.134 e. The first kappa shape index (κ1) is 23.6. The van der Waals surface area contributed by atoms with Gasteiger partial charge in [-0.2, -0.15) is 0 Å². The van der Waals surface area contributed by atoms with Crippen molar-refractivity contribution in [2.24, 2.45) is 0 Å². The van der Waals surface area contributed by atoms with E-state index in [1.807, 2.05) is 11.8 Å². The summed E-state index contributed by atoms with van der Waals surface area (Å²) >= 11 is 1.85. The molecule has 9 rings (SSSR count). The molecule has 0 unspecified atom stereocenters. The first-order valence-corrected chi connectivity index (χ1v) is 15.1. The largest absolute Gasteiger partial charge is 0.456 e. The molecular weight excluding hydrogens is 529 g/mol. The summed E-state index contributed by atoms with van der Waals surface area (Å²) in [5, 5.41) is 7.74. The van der Waals surface area contributed by atoms with Crippen LogP contribution in [0.5, 0.6) is 0 Å². The number of hydrogen-bond donors (Lipinski definition) is 0. The van der Waals surface area contributed by atoms with Crippen molar-refractivity contribution in [2.75, 3.05) is 0 Å². The fraction of sp³-hybridized carbons (Fsp3) is 0. The average molecular weight is 553 g/mol. The van der Waals surface area contributed by atoms with Crippen LogP contribution < -0.4 is 0 Å². The molecule has 8 aromatic rings. The lowest BCUT2D eigenvalue weighted by Gasteiger charge is -2.20. The Morgan fingerprint density at radius 1 is 0.381 bits per heavy atom. The normalized spacial score (nSPS) is 12.2. The van der Waals surface area contributed by atoms with E-state index in [0.29, 0.717) is 0 Å². The first-order valence-electron chi connectivity index (χ1n) is 14.3. The van der Waals surface area contributed by atoms with Gasteiger partial charge in [0.1, 0.15) is 11.5 Å². The molecule has 0 radical (unpaired) electrons. The molecule has 1 aliphatic rings. The van der Waals surface area contributed by atoms with Gasteiger partial charge >= 0.3 is 0 Å². The summed E-state index contributed by atoms with van der Waals surface area (Å²) in [6, 6.07) is 52.4. The fourth-order valence-electron chi connectivity index (χ4n) is 6.47. The third kappa shape index (κ3) is 3.66. The van der Waals surface area contributed by atoms with E-state index in [-0.39, 0.29) is 0 Å². The van der Waals surface area contributed by atoms with E-state index >= 15 is 0 Å². The Balaban J connectivity index is 1.06. The Labute approximate surface area is 248 Å². The lowest BCUT2D eigenvalue weighted by Crippen LogP contribution is -1.93. The summed E-state index contributed by atoms with van der Waals surface area (Å²) in [6.07, 6.45) is 0. The van der Waals surface area contributed by atoms with Gasteiger partial charge in [-0.25, -0.2) is 0 Å². The summed E-state index contributed by atoms with van der Waals surface area (Å²) in [5.41, 5.74) is 7.18. The van der Waals surface area contributed by atoms with E-state index in [1.165, 1.54) is 64.4 Å². The second-order valence-corrected chi connectivity index (χ2v) is 12.0. The molecule has 2 heteroatoms. The summed E-state index contributed by atoms with van der Waals surface area (Å²) in [4.78, 5) is 2.61. The van der Waals surface area contributed by atoms with Crippen molar-refractivity contribution in [3.8, 4) is 44.9 Å². The topological polar surface area (TPSA) is 13.1 Å². The maximum absolute atomic E-state index is 6.45. The predicted molar refractivity (Wildman–Crippen MR) is 177 cm³/mol. The molecule has 0 bridgehead atoms. The van der Waals surface area contributed by atoms with Gasteiger partial charge in [-0.05, 0) is 79.5 Å². The molecule has 0 saturated heterocycles. The van der Waals surface area contributed by atoms with Crippen molar-refractivity contribution in [2.45, 2.75) is 9.79 Å². The standard InChI is InChI=1S/C40H24OS/c1-2-9-30-25(6-1)18-20-33-31(10-5-11-32(30)33)26-14-16-27(17-15-26)36-21-22-37(41-36)29-19-23-38-35(24-29)34-12-3-7-28-8-4-13-39(42-38)40(28)34/h1-24H. The van der Waals surface area contributed by atoms with Gasteiger partial charge in [-0.1, -0.05) is 127 Å². The monoisotopic (exact) mass is 552 g/mol. The van der Waals surface area contributed by atoms with E-state index < -0.39 is 0 Å². The minimum absolute atomic E-state index is 0.875. The van der Waals surface area contributed by atoms with Crippen LogP contribution in [0.4, 0.5) is 0 Å². The number of furan rings is 1. The van der Waals surface area contributed by atoms with Crippen LogP contribution >= 0.6 is 11.8 Å². The Morgan fingerprint density at radius 2 is 1.07 bits per heavy atom. The molecular formula is C40H24OS. The zero-order valence-corrected chi connectivity index (χ0v) is 23.5. The minimum atomic E-state index is 0.875. The Bertz CT molecular complexity index is 2320. The quantitative estimate of drug-likeness (QED) is 0.202. The van der Waals surface area contributed by atoms with Crippen molar-refractivity contribution in [3.63, 3.8) is 0 Å². The molecule has 0 amide bonds. The highest BCUT2D eigenvalue weighted by atomic mass is 32.2.